The Labute approximate surface area is 137 Å². The first-order chi connectivity index (χ1) is 11.7. The number of nitrogens with zero attached hydrogens (tertiary/aromatic N) is 5. The van der Waals surface area contributed by atoms with E-state index in [1.165, 1.54) is 10.7 Å². The highest BCUT2D eigenvalue weighted by atomic mass is 16.2. The fourth-order valence-electron chi connectivity index (χ4n) is 2.89. The van der Waals surface area contributed by atoms with Crippen LogP contribution in [0, 0.1) is 0 Å². The van der Waals surface area contributed by atoms with E-state index in [0.29, 0.717) is 12.4 Å². The summed E-state index contributed by atoms with van der Waals surface area (Å²) in [4.78, 5) is 26.4. The topological polar surface area (TPSA) is 73.0 Å². The van der Waals surface area contributed by atoms with Gasteiger partial charge in [-0.3, -0.25) is 9.59 Å². The summed E-state index contributed by atoms with van der Waals surface area (Å²) in [7, 11) is 0. The Balaban J connectivity index is 1.61. The molecule has 0 spiro atoms. The first kappa shape index (κ1) is 14.4. The van der Waals surface area contributed by atoms with Crippen molar-refractivity contribution in [2.24, 2.45) is 0 Å². The minimum atomic E-state index is -0.313. The van der Waals surface area contributed by atoms with Gasteiger partial charge in [0.25, 0.3) is 5.56 Å². The van der Waals surface area contributed by atoms with Crippen molar-refractivity contribution in [3.05, 3.63) is 70.8 Å². The lowest BCUT2D eigenvalue weighted by atomic mass is 10.2. The smallest absolute Gasteiger partial charge is 0.267 e. The van der Waals surface area contributed by atoms with Crippen molar-refractivity contribution in [2.75, 3.05) is 11.4 Å². The number of benzene rings is 1. The molecule has 3 heterocycles. The lowest BCUT2D eigenvalue weighted by Gasteiger charge is -2.17. The number of amides is 1. The van der Waals surface area contributed by atoms with Crippen molar-refractivity contribution in [3.8, 4) is 5.82 Å². The molecule has 0 atom stereocenters. The quantitative estimate of drug-likeness (QED) is 0.722. The fraction of sp³-hybridized carbons (Fsp3) is 0.176. The van der Waals surface area contributed by atoms with Crippen LogP contribution >= 0.6 is 0 Å². The Bertz CT molecular complexity index is 946. The summed E-state index contributed by atoms with van der Waals surface area (Å²) >= 11 is 0. The van der Waals surface area contributed by atoms with E-state index in [1.807, 2.05) is 24.3 Å². The molecule has 0 saturated heterocycles. The zero-order valence-electron chi connectivity index (χ0n) is 12.9. The molecular formula is C17H15N5O2. The molecule has 7 nitrogen and oxygen atoms in total. The van der Waals surface area contributed by atoms with Gasteiger partial charge in [-0.05, 0) is 30.2 Å². The standard InChI is InChI=1S/C17H15N5O2/c23-16-7-6-15(21-10-3-9-18-21)19-22(16)12-17(24)20-11-8-13-4-1-2-5-14(13)20/h1-7,9-10H,8,11-12H2. The second-order valence-corrected chi connectivity index (χ2v) is 5.56. The Kier molecular flexibility index (Phi) is 3.45. The van der Waals surface area contributed by atoms with Crippen LogP contribution < -0.4 is 10.5 Å². The number of carbonyl (C=O) groups is 1. The first-order valence-corrected chi connectivity index (χ1v) is 7.69. The highest BCUT2D eigenvalue weighted by Crippen LogP contribution is 2.27. The average molecular weight is 321 g/mol. The molecule has 0 N–H and O–H groups in total. The molecule has 3 aromatic rings. The number of hydrogen-bond donors (Lipinski definition) is 0. The summed E-state index contributed by atoms with van der Waals surface area (Å²) in [6.45, 7) is 0.536. The van der Waals surface area contributed by atoms with Crippen LogP contribution in [-0.4, -0.2) is 32.0 Å². The number of para-hydroxylation sites is 1. The third-order valence-electron chi connectivity index (χ3n) is 4.06. The maximum Gasteiger partial charge on any atom is 0.267 e. The lowest BCUT2D eigenvalue weighted by Crippen LogP contribution is -2.36. The maximum absolute atomic E-state index is 12.6. The Hall–Kier alpha value is -3.22. The molecule has 1 amide bonds. The second-order valence-electron chi connectivity index (χ2n) is 5.56. The van der Waals surface area contributed by atoms with Crippen molar-refractivity contribution in [2.45, 2.75) is 13.0 Å². The molecule has 0 radical (unpaired) electrons. The first-order valence-electron chi connectivity index (χ1n) is 7.69. The molecule has 7 heteroatoms. The molecular weight excluding hydrogens is 306 g/mol. The third kappa shape index (κ3) is 2.50. The summed E-state index contributed by atoms with van der Waals surface area (Å²) in [5.74, 6) is 0.349. The molecule has 1 aromatic carbocycles. The van der Waals surface area contributed by atoms with Gasteiger partial charge in [-0.2, -0.15) is 5.10 Å². The van der Waals surface area contributed by atoms with Crippen molar-refractivity contribution in [1.82, 2.24) is 19.6 Å². The Morgan fingerprint density at radius 2 is 2.00 bits per heavy atom. The van der Waals surface area contributed by atoms with Gasteiger partial charge in [-0.1, -0.05) is 18.2 Å². The van der Waals surface area contributed by atoms with E-state index in [9.17, 15) is 9.59 Å². The number of anilines is 1. The van der Waals surface area contributed by atoms with E-state index in [2.05, 4.69) is 10.2 Å². The average Bonchev–Trinajstić information content (AvgIpc) is 3.26. The minimum Gasteiger partial charge on any atom is -0.310 e. The van der Waals surface area contributed by atoms with Gasteiger partial charge in [-0.15, -0.1) is 5.10 Å². The lowest BCUT2D eigenvalue weighted by molar-refractivity contribution is -0.119. The number of aromatic nitrogens is 4. The molecule has 0 unspecified atom stereocenters. The molecule has 0 aliphatic carbocycles. The summed E-state index contributed by atoms with van der Waals surface area (Å²) in [6, 6.07) is 12.6. The zero-order valence-corrected chi connectivity index (χ0v) is 12.9. The molecule has 2 aromatic heterocycles. The van der Waals surface area contributed by atoms with Gasteiger partial charge in [0.2, 0.25) is 5.91 Å². The highest BCUT2D eigenvalue weighted by Gasteiger charge is 2.24. The van der Waals surface area contributed by atoms with E-state index < -0.39 is 0 Å². The third-order valence-corrected chi connectivity index (χ3v) is 4.06. The van der Waals surface area contributed by atoms with Gasteiger partial charge < -0.3 is 4.90 Å². The summed E-state index contributed by atoms with van der Waals surface area (Å²) in [5.41, 5.74) is 1.75. The van der Waals surface area contributed by atoms with Gasteiger partial charge in [0, 0.05) is 30.7 Å². The van der Waals surface area contributed by atoms with Crippen molar-refractivity contribution >= 4 is 11.6 Å². The van der Waals surface area contributed by atoms with Gasteiger partial charge in [-0.25, -0.2) is 9.36 Å². The largest absolute Gasteiger partial charge is 0.310 e. The van der Waals surface area contributed by atoms with E-state index in [0.717, 1.165) is 17.7 Å². The van der Waals surface area contributed by atoms with Crippen molar-refractivity contribution in [3.63, 3.8) is 0 Å². The summed E-state index contributed by atoms with van der Waals surface area (Å²) < 4.78 is 2.73. The monoisotopic (exact) mass is 321 g/mol. The van der Waals surface area contributed by atoms with Crippen LogP contribution in [-0.2, 0) is 17.8 Å². The number of fused-ring (bicyclic) bond motifs is 1. The Morgan fingerprint density at radius 1 is 1.12 bits per heavy atom. The van der Waals surface area contributed by atoms with Gasteiger partial charge in [0.15, 0.2) is 5.82 Å². The SMILES string of the molecule is O=C(Cn1nc(-n2cccn2)ccc1=O)N1CCc2ccccc21. The molecule has 1 aliphatic rings. The van der Waals surface area contributed by atoms with E-state index in [4.69, 9.17) is 0 Å². The molecule has 4 rings (SSSR count). The van der Waals surface area contributed by atoms with E-state index >= 15 is 0 Å². The van der Waals surface area contributed by atoms with E-state index in [-0.39, 0.29) is 18.0 Å². The predicted molar refractivity (Wildman–Crippen MR) is 88.1 cm³/mol. The second kappa shape index (κ2) is 5.77. The van der Waals surface area contributed by atoms with Crippen LogP contribution in [0.25, 0.3) is 5.82 Å². The summed E-state index contributed by atoms with van der Waals surface area (Å²) in [5, 5.41) is 8.33. The normalized spacial score (nSPS) is 13.1. The van der Waals surface area contributed by atoms with Gasteiger partial charge in [0.1, 0.15) is 6.54 Å². The molecule has 0 bridgehead atoms. The molecule has 1 aliphatic heterocycles. The minimum absolute atomic E-state index is 0.0950. The van der Waals surface area contributed by atoms with Crippen LogP contribution in [0.2, 0.25) is 0 Å². The zero-order chi connectivity index (χ0) is 16.5. The van der Waals surface area contributed by atoms with E-state index in [1.54, 1.807) is 34.1 Å². The highest BCUT2D eigenvalue weighted by molar-refractivity contribution is 5.95. The molecule has 0 fully saturated rings. The van der Waals surface area contributed by atoms with Crippen molar-refractivity contribution in [1.29, 1.82) is 0 Å². The summed E-state index contributed by atoms with van der Waals surface area (Å²) in [6.07, 6.45) is 4.19. The molecule has 24 heavy (non-hydrogen) atoms. The van der Waals surface area contributed by atoms with Gasteiger partial charge >= 0.3 is 0 Å². The number of rotatable bonds is 3. The van der Waals surface area contributed by atoms with Crippen molar-refractivity contribution < 1.29 is 4.79 Å². The number of carbonyl (C=O) groups excluding carboxylic acids is 1. The Morgan fingerprint density at radius 3 is 2.83 bits per heavy atom. The maximum atomic E-state index is 12.6. The fourth-order valence-corrected chi connectivity index (χ4v) is 2.89. The van der Waals surface area contributed by atoms with Crippen LogP contribution in [0.3, 0.4) is 0 Å². The number of hydrogen-bond acceptors (Lipinski definition) is 4. The molecule has 120 valence electrons. The molecule has 0 saturated carbocycles. The van der Waals surface area contributed by atoms with Gasteiger partial charge in [0.05, 0.1) is 0 Å². The van der Waals surface area contributed by atoms with Crippen LogP contribution in [0.1, 0.15) is 5.56 Å². The van der Waals surface area contributed by atoms with Crippen LogP contribution in [0.4, 0.5) is 5.69 Å². The van der Waals surface area contributed by atoms with Crippen LogP contribution in [0.5, 0.6) is 0 Å². The van der Waals surface area contributed by atoms with Crippen LogP contribution in [0.15, 0.2) is 59.7 Å². The predicted octanol–water partition coefficient (Wildman–Crippen LogP) is 1.02.